The minimum absolute atomic E-state index is 0.104. The van der Waals surface area contributed by atoms with Gasteiger partial charge in [0, 0.05) is 24.1 Å². The molecule has 3 aromatic heterocycles. The average molecular weight is 612 g/mol. The van der Waals surface area contributed by atoms with E-state index in [2.05, 4.69) is 10.1 Å². The van der Waals surface area contributed by atoms with Crippen molar-refractivity contribution in [3.05, 3.63) is 94.9 Å². The van der Waals surface area contributed by atoms with Gasteiger partial charge < -0.3 is 18.6 Å². The molecule has 43 heavy (non-hydrogen) atoms. The quantitative estimate of drug-likeness (QED) is 0.125. The minimum atomic E-state index is -4.77. The lowest BCUT2D eigenvalue weighted by Gasteiger charge is -2.11. The van der Waals surface area contributed by atoms with Crippen molar-refractivity contribution in [3.63, 3.8) is 0 Å². The zero-order chi connectivity index (χ0) is 30.3. The van der Waals surface area contributed by atoms with Crippen molar-refractivity contribution in [1.82, 2.24) is 14.6 Å². The number of Topliss-reactive ketones (excluding diaryl/α,β-unsaturated/α-hetero) is 1. The van der Waals surface area contributed by atoms with Crippen molar-refractivity contribution in [2.75, 3.05) is 14.2 Å². The third kappa shape index (κ3) is 5.89. The van der Waals surface area contributed by atoms with E-state index in [-0.39, 0.29) is 18.6 Å². The van der Waals surface area contributed by atoms with E-state index in [1.165, 1.54) is 25.6 Å². The van der Waals surface area contributed by atoms with Crippen LogP contribution in [0.1, 0.15) is 27.0 Å². The number of nitrogens with zero attached hydrogens (tertiary/aromatic N) is 3. The molecule has 0 aliphatic heterocycles. The molecule has 0 aliphatic carbocycles. The molecule has 0 radical (unpaired) electrons. The summed E-state index contributed by atoms with van der Waals surface area (Å²) >= 11 is 1.29. The Balaban J connectivity index is 1.22. The molecule has 0 unspecified atom stereocenters. The Hall–Kier alpha value is -4.91. The summed E-state index contributed by atoms with van der Waals surface area (Å²) in [5.41, 5.74) is 0.759. The van der Waals surface area contributed by atoms with Gasteiger partial charge in [0.25, 0.3) is 5.19 Å². The van der Waals surface area contributed by atoms with E-state index in [1.807, 2.05) is 0 Å². The molecule has 0 bridgehead atoms. The number of methoxy groups -OCH3 is 2. The Morgan fingerprint density at radius 2 is 1.84 bits per heavy atom. The Bertz CT molecular complexity index is 1950. The fraction of sp³-hybridized carbons (Fsp3) is 0.167. The first-order chi connectivity index (χ1) is 20.6. The van der Waals surface area contributed by atoms with Gasteiger partial charge in [0.15, 0.2) is 11.5 Å². The predicted octanol–water partition coefficient (Wildman–Crippen LogP) is 7.38. The van der Waals surface area contributed by atoms with E-state index in [0.29, 0.717) is 67.3 Å². The van der Waals surface area contributed by atoms with Gasteiger partial charge >= 0.3 is 6.18 Å². The number of ether oxygens (including phenoxy) is 3. The number of ketones is 1. The summed E-state index contributed by atoms with van der Waals surface area (Å²) in [7, 11) is 3.06. The molecule has 13 heteroatoms. The average Bonchev–Trinajstić information content (AvgIpc) is 3.68. The number of imidazole rings is 1. The third-order valence-corrected chi connectivity index (χ3v) is 7.44. The van der Waals surface area contributed by atoms with Crippen LogP contribution in [-0.4, -0.2) is 34.6 Å². The first-order valence-corrected chi connectivity index (χ1v) is 13.5. The van der Waals surface area contributed by atoms with Crippen molar-refractivity contribution >= 4 is 33.1 Å². The topological polar surface area (TPSA) is 88.1 Å². The second-order valence-electron chi connectivity index (χ2n) is 9.51. The molecule has 8 nitrogen and oxygen atoms in total. The smallest absolute Gasteiger partial charge is 0.416 e. The highest BCUT2D eigenvalue weighted by Gasteiger charge is 2.32. The lowest BCUT2D eigenvalue weighted by atomic mass is 9.99. The summed E-state index contributed by atoms with van der Waals surface area (Å²) in [6.07, 6.45) is -3.26. The van der Waals surface area contributed by atoms with Crippen LogP contribution in [0.4, 0.5) is 17.6 Å². The van der Waals surface area contributed by atoms with Crippen LogP contribution in [0.25, 0.3) is 27.4 Å². The number of carbonyl (C=O) groups excluding carboxylic acids is 1. The molecule has 0 atom stereocenters. The SMILES string of the molecule is COc1cc(OCc2cccc(CC(=O)c3cc(F)cc(C(F)(F)F)c3)c2)c2cc(-c3cn4nc(OC)sc4n3)oc2c1. The van der Waals surface area contributed by atoms with Gasteiger partial charge in [0.1, 0.15) is 35.2 Å². The second kappa shape index (κ2) is 11.1. The fourth-order valence-corrected chi connectivity index (χ4v) is 5.22. The monoisotopic (exact) mass is 611 g/mol. The summed E-state index contributed by atoms with van der Waals surface area (Å²) < 4.78 is 77.4. The first-order valence-electron chi connectivity index (χ1n) is 12.7. The van der Waals surface area contributed by atoms with Crippen LogP contribution in [0, 0.1) is 5.82 Å². The lowest BCUT2D eigenvalue weighted by Crippen LogP contribution is -2.10. The Labute approximate surface area is 245 Å². The Kier molecular flexibility index (Phi) is 7.26. The molecule has 3 heterocycles. The highest BCUT2D eigenvalue weighted by atomic mass is 32.1. The molecule has 6 rings (SSSR count). The van der Waals surface area contributed by atoms with Crippen molar-refractivity contribution in [2.24, 2.45) is 0 Å². The van der Waals surface area contributed by atoms with Gasteiger partial charge in [-0.05, 0) is 46.7 Å². The fourth-order valence-electron chi connectivity index (χ4n) is 4.52. The molecule has 0 saturated carbocycles. The summed E-state index contributed by atoms with van der Waals surface area (Å²) in [6, 6.07) is 13.9. The van der Waals surface area contributed by atoms with Gasteiger partial charge in [-0.25, -0.2) is 13.9 Å². The van der Waals surface area contributed by atoms with Gasteiger partial charge in [-0.15, -0.1) is 5.10 Å². The number of furan rings is 1. The largest absolute Gasteiger partial charge is 0.496 e. The van der Waals surface area contributed by atoms with Gasteiger partial charge in [-0.2, -0.15) is 13.2 Å². The van der Waals surface area contributed by atoms with E-state index in [0.717, 1.165) is 6.07 Å². The Morgan fingerprint density at radius 3 is 2.58 bits per heavy atom. The second-order valence-corrected chi connectivity index (χ2v) is 10.4. The number of aromatic nitrogens is 3. The zero-order valence-corrected chi connectivity index (χ0v) is 23.4. The number of hydrogen-bond donors (Lipinski definition) is 0. The highest BCUT2D eigenvalue weighted by Crippen LogP contribution is 2.38. The molecule has 0 aliphatic rings. The van der Waals surface area contributed by atoms with Gasteiger partial charge in [-0.3, -0.25) is 4.79 Å². The van der Waals surface area contributed by atoms with Crippen molar-refractivity contribution in [1.29, 1.82) is 0 Å². The first kappa shape index (κ1) is 28.2. The predicted molar refractivity (Wildman–Crippen MR) is 149 cm³/mol. The summed E-state index contributed by atoms with van der Waals surface area (Å²) in [6.45, 7) is 0.104. The number of carbonyl (C=O) groups is 1. The molecule has 3 aromatic carbocycles. The summed E-state index contributed by atoms with van der Waals surface area (Å²) in [5, 5.41) is 5.44. The van der Waals surface area contributed by atoms with E-state index in [4.69, 9.17) is 18.6 Å². The minimum Gasteiger partial charge on any atom is -0.496 e. The molecule has 0 fully saturated rings. The van der Waals surface area contributed by atoms with Crippen molar-refractivity contribution in [2.45, 2.75) is 19.2 Å². The molecule has 0 N–H and O–H groups in total. The number of hydrogen-bond acceptors (Lipinski definition) is 8. The van der Waals surface area contributed by atoms with Crippen molar-refractivity contribution in [3.8, 4) is 28.1 Å². The van der Waals surface area contributed by atoms with Crippen LogP contribution in [0.15, 0.2) is 71.3 Å². The molecule has 6 aromatic rings. The van der Waals surface area contributed by atoms with Crippen LogP contribution in [0.5, 0.6) is 16.7 Å². The van der Waals surface area contributed by atoms with Gasteiger partial charge in [0.05, 0.1) is 31.4 Å². The number of alkyl halides is 3. The number of fused-ring (bicyclic) bond motifs is 2. The van der Waals surface area contributed by atoms with Gasteiger partial charge in [0.2, 0.25) is 4.96 Å². The van der Waals surface area contributed by atoms with Crippen LogP contribution in [-0.2, 0) is 19.2 Å². The van der Waals surface area contributed by atoms with E-state index >= 15 is 0 Å². The third-order valence-electron chi connectivity index (χ3n) is 6.56. The van der Waals surface area contributed by atoms with Gasteiger partial charge in [-0.1, -0.05) is 24.3 Å². The van der Waals surface area contributed by atoms with E-state index in [9.17, 15) is 22.4 Å². The van der Waals surface area contributed by atoms with Crippen LogP contribution >= 0.6 is 11.3 Å². The van der Waals surface area contributed by atoms with E-state index < -0.39 is 23.3 Å². The van der Waals surface area contributed by atoms with Crippen LogP contribution in [0.2, 0.25) is 0 Å². The number of halogens is 4. The molecular weight excluding hydrogens is 590 g/mol. The highest BCUT2D eigenvalue weighted by molar-refractivity contribution is 7.18. The number of rotatable bonds is 9. The van der Waals surface area contributed by atoms with Crippen LogP contribution < -0.4 is 14.2 Å². The Morgan fingerprint density at radius 1 is 1.02 bits per heavy atom. The van der Waals surface area contributed by atoms with Crippen molar-refractivity contribution < 1.29 is 41.0 Å². The summed E-state index contributed by atoms with van der Waals surface area (Å²) in [4.78, 5) is 17.9. The molecule has 0 amide bonds. The molecule has 220 valence electrons. The standard InChI is InChI=1S/C30H21F4N3O5S/c1-39-21-11-25(22-13-27(42-26(22)12-21)23-14-37-28(35-23)43-29(36-37)40-2)41-15-17-5-3-4-16(6-17)7-24(38)18-8-19(30(32,33)34)10-20(31)9-18/h3-6,8-14H,7,15H2,1-2H3. The maximum atomic E-state index is 13.8. The zero-order valence-electron chi connectivity index (χ0n) is 22.6. The molecule has 0 spiro atoms. The number of benzene rings is 3. The summed E-state index contributed by atoms with van der Waals surface area (Å²) in [5.74, 6) is -0.288. The maximum absolute atomic E-state index is 13.8. The molecule has 0 saturated heterocycles. The van der Waals surface area contributed by atoms with E-state index in [1.54, 1.807) is 53.2 Å². The molecular formula is C30H21F4N3O5S. The normalized spacial score (nSPS) is 11.8. The maximum Gasteiger partial charge on any atom is 0.416 e. The lowest BCUT2D eigenvalue weighted by molar-refractivity contribution is -0.137. The van der Waals surface area contributed by atoms with Crippen LogP contribution in [0.3, 0.4) is 0 Å².